The zero-order valence-electron chi connectivity index (χ0n) is 9.53. The van der Waals surface area contributed by atoms with Crippen LogP contribution in [0.15, 0.2) is 33.2 Å². The highest BCUT2D eigenvalue weighted by Crippen LogP contribution is 2.31. The molecule has 0 aliphatic heterocycles. The smallest absolute Gasteiger partial charge is 0.135 e. The molecular formula is C13H16BrNO. The number of hydrogen-bond acceptors (Lipinski definition) is 2. The first-order valence-corrected chi connectivity index (χ1v) is 6.36. The highest BCUT2D eigenvalue weighted by Gasteiger charge is 2.18. The first-order valence-electron chi connectivity index (χ1n) is 5.57. The van der Waals surface area contributed by atoms with Crippen molar-refractivity contribution >= 4 is 26.9 Å². The number of hydrogen-bond donors (Lipinski definition) is 1. The van der Waals surface area contributed by atoms with E-state index < -0.39 is 0 Å². The fourth-order valence-electron chi connectivity index (χ4n) is 1.74. The van der Waals surface area contributed by atoms with Crippen molar-refractivity contribution in [2.45, 2.75) is 26.3 Å². The summed E-state index contributed by atoms with van der Waals surface area (Å²) in [6.45, 7) is 4.29. The highest BCUT2D eigenvalue weighted by molar-refractivity contribution is 9.10. The Balaban J connectivity index is 2.43. The quantitative estimate of drug-likeness (QED) is 0.914. The van der Waals surface area contributed by atoms with Gasteiger partial charge in [0.25, 0.3) is 0 Å². The lowest BCUT2D eigenvalue weighted by atomic mass is 9.98. The van der Waals surface area contributed by atoms with Crippen LogP contribution in [0.2, 0.25) is 0 Å². The summed E-state index contributed by atoms with van der Waals surface area (Å²) in [7, 11) is 0. The van der Waals surface area contributed by atoms with E-state index in [1.54, 1.807) is 0 Å². The lowest BCUT2D eigenvalue weighted by molar-refractivity contribution is 0.388. The standard InChI is InChI=1S/C13H16BrNO/c1-3-8(2)13(15)12-7-9-10(14)5-4-6-11(9)16-12/h4-8,13H,3,15H2,1-2H3. The summed E-state index contributed by atoms with van der Waals surface area (Å²) in [6.07, 6.45) is 1.05. The minimum absolute atomic E-state index is 0.0238. The van der Waals surface area contributed by atoms with Gasteiger partial charge in [0.05, 0.1) is 6.04 Å². The molecule has 0 bridgehead atoms. The molecule has 3 heteroatoms. The van der Waals surface area contributed by atoms with Gasteiger partial charge in [-0.05, 0) is 24.1 Å². The van der Waals surface area contributed by atoms with Crippen molar-refractivity contribution < 1.29 is 4.42 Å². The molecule has 0 fully saturated rings. The molecule has 1 aromatic carbocycles. The Hall–Kier alpha value is -0.800. The van der Waals surface area contributed by atoms with Crippen LogP contribution in [-0.4, -0.2) is 0 Å². The van der Waals surface area contributed by atoms with Gasteiger partial charge in [-0.15, -0.1) is 0 Å². The van der Waals surface area contributed by atoms with E-state index in [2.05, 4.69) is 29.8 Å². The second kappa shape index (κ2) is 4.60. The van der Waals surface area contributed by atoms with E-state index >= 15 is 0 Å². The number of halogens is 1. The topological polar surface area (TPSA) is 39.2 Å². The molecule has 2 atom stereocenters. The maximum atomic E-state index is 6.15. The molecule has 0 saturated carbocycles. The highest BCUT2D eigenvalue weighted by atomic mass is 79.9. The van der Waals surface area contributed by atoms with E-state index in [0.717, 1.165) is 27.6 Å². The van der Waals surface area contributed by atoms with E-state index in [9.17, 15) is 0 Å². The molecule has 16 heavy (non-hydrogen) atoms. The van der Waals surface area contributed by atoms with Gasteiger partial charge in [0, 0.05) is 9.86 Å². The van der Waals surface area contributed by atoms with Crippen molar-refractivity contribution in [3.05, 3.63) is 34.5 Å². The SMILES string of the molecule is CCC(C)C(N)c1cc2c(Br)cccc2o1. The van der Waals surface area contributed by atoms with Crippen molar-refractivity contribution in [2.75, 3.05) is 0 Å². The van der Waals surface area contributed by atoms with Gasteiger partial charge in [-0.3, -0.25) is 0 Å². The Labute approximate surface area is 104 Å². The molecule has 1 heterocycles. The van der Waals surface area contributed by atoms with E-state index in [-0.39, 0.29) is 6.04 Å². The van der Waals surface area contributed by atoms with Crippen molar-refractivity contribution in [3.63, 3.8) is 0 Å². The van der Waals surface area contributed by atoms with Gasteiger partial charge < -0.3 is 10.2 Å². The fourth-order valence-corrected chi connectivity index (χ4v) is 2.21. The predicted octanol–water partition coefficient (Wildman–Crippen LogP) is 4.24. The fraction of sp³-hybridized carbons (Fsp3) is 0.385. The molecule has 0 aliphatic rings. The summed E-state index contributed by atoms with van der Waals surface area (Å²) in [5.74, 6) is 1.30. The third-order valence-electron chi connectivity index (χ3n) is 3.11. The molecule has 2 nitrogen and oxygen atoms in total. The van der Waals surface area contributed by atoms with Crippen LogP contribution in [0, 0.1) is 5.92 Å². The van der Waals surface area contributed by atoms with Gasteiger partial charge in [-0.1, -0.05) is 42.3 Å². The minimum atomic E-state index is -0.0238. The Kier molecular flexibility index (Phi) is 3.36. The van der Waals surface area contributed by atoms with Gasteiger partial charge >= 0.3 is 0 Å². The van der Waals surface area contributed by atoms with Gasteiger partial charge in [0.2, 0.25) is 0 Å². The summed E-state index contributed by atoms with van der Waals surface area (Å²) in [6, 6.07) is 7.96. The zero-order chi connectivity index (χ0) is 11.7. The maximum absolute atomic E-state index is 6.15. The van der Waals surface area contributed by atoms with Crippen LogP contribution in [0.5, 0.6) is 0 Å². The molecule has 2 aromatic rings. The van der Waals surface area contributed by atoms with Gasteiger partial charge in [-0.25, -0.2) is 0 Å². The zero-order valence-corrected chi connectivity index (χ0v) is 11.1. The molecule has 0 aliphatic carbocycles. The summed E-state index contributed by atoms with van der Waals surface area (Å²) in [5.41, 5.74) is 7.05. The molecule has 0 spiro atoms. The second-order valence-electron chi connectivity index (χ2n) is 4.21. The largest absolute Gasteiger partial charge is 0.459 e. The first-order chi connectivity index (χ1) is 7.63. The van der Waals surface area contributed by atoms with Crippen molar-refractivity contribution in [1.82, 2.24) is 0 Å². The van der Waals surface area contributed by atoms with Gasteiger partial charge in [0.1, 0.15) is 11.3 Å². The van der Waals surface area contributed by atoms with Crippen LogP contribution in [0.1, 0.15) is 32.1 Å². The maximum Gasteiger partial charge on any atom is 0.135 e. The average Bonchev–Trinajstić information content (AvgIpc) is 2.72. The van der Waals surface area contributed by atoms with Crippen LogP contribution in [-0.2, 0) is 0 Å². The first kappa shape index (κ1) is 11.7. The molecule has 86 valence electrons. The van der Waals surface area contributed by atoms with Gasteiger partial charge in [-0.2, -0.15) is 0 Å². The molecule has 0 saturated heterocycles. The summed E-state index contributed by atoms with van der Waals surface area (Å²) >= 11 is 3.51. The summed E-state index contributed by atoms with van der Waals surface area (Å²) in [4.78, 5) is 0. The van der Waals surface area contributed by atoms with Crippen LogP contribution in [0.4, 0.5) is 0 Å². The predicted molar refractivity (Wildman–Crippen MR) is 70.3 cm³/mol. The Morgan fingerprint density at radius 2 is 2.19 bits per heavy atom. The molecule has 2 rings (SSSR count). The molecular weight excluding hydrogens is 266 g/mol. The Morgan fingerprint density at radius 3 is 2.81 bits per heavy atom. The van der Waals surface area contributed by atoms with Crippen LogP contribution in [0.3, 0.4) is 0 Å². The molecule has 0 radical (unpaired) electrons. The van der Waals surface area contributed by atoms with E-state index in [1.165, 1.54) is 0 Å². The summed E-state index contributed by atoms with van der Waals surface area (Å²) in [5, 5.41) is 1.09. The summed E-state index contributed by atoms with van der Waals surface area (Å²) < 4.78 is 6.83. The lowest BCUT2D eigenvalue weighted by Gasteiger charge is -2.15. The number of nitrogens with two attached hydrogens (primary N) is 1. The number of rotatable bonds is 3. The number of fused-ring (bicyclic) bond motifs is 1. The molecule has 2 N–H and O–H groups in total. The average molecular weight is 282 g/mol. The third-order valence-corrected chi connectivity index (χ3v) is 3.80. The van der Waals surface area contributed by atoms with Crippen molar-refractivity contribution in [3.8, 4) is 0 Å². The van der Waals surface area contributed by atoms with E-state index in [0.29, 0.717) is 5.92 Å². The lowest BCUT2D eigenvalue weighted by Crippen LogP contribution is -2.17. The van der Waals surface area contributed by atoms with E-state index in [1.807, 2.05) is 24.3 Å². The van der Waals surface area contributed by atoms with E-state index in [4.69, 9.17) is 10.2 Å². The molecule has 0 amide bonds. The molecule has 2 unspecified atom stereocenters. The Bertz CT molecular complexity index is 492. The third kappa shape index (κ3) is 2.02. The molecule has 1 aromatic heterocycles. The number of furan rings is 1. The normalized spacial score (nSPS) is 15.2. The monoisotopic (exact) mass is 281 g/mol. The van der Waals surface area contributed by atoms with Crippen LogP contribution < -0.4 is 5.73 Å². The second-order valence-corrected chi connectivity index (χ2v) is 5.07. The van der Waals surface area contributed by atoms with Gasteiger partial charge in [0.15, 0.2) is 0 Å². The van der Waals surface area contributed by atoms with Crippen LogP contribution >= 0.6 is 15.9 Å². The van der Waals surface area contributed by atoms with Crippen LogP contribution in [0.25, 0.3) is 11.0 Å². The number of benzene rings is 1. The minimum Gasteiger partial charge on any atom is -0.459 e. The Morgan fingerprint density at radius 1 is 1.44 bits per heavy atom. The van der Waals surface area contributed by atoms with Crippen molar-refractivity contribution in [1.29, 1.82) is 0 Å². The van der Waals surface area contributed by atoms with Crippen molar-refractivity contribution in [2.24, 2.45) is 11.7 Å².